The summed E-state index contributed by atoms with van der Waals surface area (Å²) in [4.78, 5) is 28.5. The van der Waals surface area contributed by atoms with Crippen molar-refractivity contribution < 1.29 is 9.59 Å². The van der Waals surface area contributed by atoms with Gasteiger partial charge < -0.3 is 4.90 Å². The van der Waals surface area contributed by atoms with Crippen LogP contribution in [0.3, 0.4) is 0 Å². The van der Waals surface area contributed by atoms with Crippen molar-refractivity contribution in [2.75, 3.05) is 33.2 Å². The summed E-state index contributed by atoms with van der Waals surface area (Å²) in [6.07, 6.45) is 5.69. The molecule has 0 saturated carbocycles. The van der Waals surface area contributed by atoms with E-state index >= 15 is 0 Å². The maximum Gasteiger partial charge on any atom is 0.270 e. The van der Waals surface area contributed by atoms with Gasteiger partial charge in [0.2, 0.25) is 5.91 Å². The summed E-state index contributed by atoms with van der Waals surface area (Å²) in [5, 5.41) is 5.46. The quantitative estimate of drug-likeness (QED) is 0.752. The molecule has 0 aromatic rings. The van der Waals surface area contributed by atoms with Gasteiger partial charge in [0, 0.05) is 39.0 Å². The van der Waals surface area contributed by atoms with E-state index in [1.807, 2.05) is 4.90 Å². The van der Waals surface area contributed by atoms with Gasteiger partial charge in [-0.2, -0.15) is 5.10 Å². The molecule has 3 heterocycles. The van der Waals surface area contributed by atoms with E-state index in [-0.39, 0.29) is 11.8 Å². The zero-order valence-corrected chi connectivity index (χ0v) is 12.8. The van der Waals surface area contributed by atoms with E-state index in [1.165, 1.54) is 37.4 Å². The summed E-state index contributed by atoms with van der Waals surface area (Å²) in [6, 6.07) is 0.508. The first kappa shape index (κ1) is 14.5. The molecule has 0 unspecified atom stereocenters. The van der Waals surface area contributed by atoms with Crippen molar-refractivity contribution in [3.05, 3.63) is 0 Å². The summed E-state index contributed by atoms with van der Waals surface area (Å²) < 4.78 is 0. The molecule has 0 bridgehead atoms. The Hall–Kier alpha value is -1.43. The number of hydrogen-bond donors (Lipinski definition) is 0. The van der Waals surface area contributed by atoms with Crippen LogP contribution in [0.25, 0.3) is 0 Å². The van der Waals surface area contributed by atoms with Crippen molar-refractivity contribution in [3.8, 4) is 0 Å². The molecule has 3 aliphatic heterocycles. The van der Waals surface area contributed by atoms with Crippen molar-refractivity contribution in [2.24, 2.45) is 5.10 Å². The van der Waals surface area contributed by atoms with Crippen LogP contribution in [0.4, 0.5) is 0 Å². The highest BCUT2D eigenvalue weighted by atomic mass is 16.2. The maximum atomic E-state index is 12.6. The first-order valence-electron chi connectivity index (χ1n) is 8.02. The number of amides is 2. The van der Waals surface area contributed by atoms with E-state index in [0.29, 0.717) is 24.6 Å². The van der Waals surface area contributed by atoms with Crippen LogP contribution in [0.5, 0.6) is 0 Å². The molecule has 1 atom stereocenters. The minimum absolute atomic E-state index is 0.0138. The Balaban J connectivity index is 1.64. The lowest BCUT2D eigenvalue weighted by Gasteiger charge is -2.38. The van der Waals surface area contributed by atoms with Gasteiger partial charge in [-0.25, -0.2) is 5.01 Å². The molecule has 0 spiro atoms. The molecule has 21 heavy (non-hydrogen) atoms. The maximum absolute atomic E-state index is 12.6. The molecule has 2 fully saturated rings. The van der Waals surface area contributed by atoms with Gasteiger partial charge in [-0.3, -0.25) is 14.5 Å². The van der Waals surface area contributed by atoms with Crippen LogP contribution in [0, 0.1) is 0 Å². The normalized spacial score (nSPS) is 28.0. The first-order chi connectivity index (χ1) is 10.1. The molecule has 0 aromatic heterocycles. The van der Waals surface area contributed by atoms with Crippen molar-refractivity contribution in [1.82, 2.24) is 14.8 Å². The summed E-state index contributed by atoms with van der Waals surface area (Å²) in [6.45, 7) is 3.98. The Kier molecular flexibility index (Phi) is 4.24. The number of likely N-dealkylation sites (tertiary alicyclic amines) is 2. The van der Waals surface area contributed by atoms with Gasteiger partial charge in [-0.15, -0.1) is 0 Å². The Labute approximate surface area is 125 Å². The number of carbonyl (C=O) groups excluding carboxylic acids is 2. The minimum atomic E-state index is -0.0138. The largest absolute Gasteiger partial charge is 0.336 e. The summed E-state index contributed by atoms with van der Waals surface area (Å²) in [7, 11) is 1.62. The van der Waals surface area contributed by atoms with Crippen molar-refractivity contribution in [3.63, 3.8) is 0 Å². The molecule has 6 heteroatoms. The molecule has 116 valence electrons. The van der Waals surface area contributed by atoms with Crippen molar-refractivity contribution in [1.29, 1.82) is 0 Å². The van der Waals surface area contributed by atoms with Crippen molar-refractivity contribution in [2.45, 2.75) is 44.6 Å². The van der Waals surface area contributed by atoms with Gasteiger partial charge in [0.05, 0.1) is 0 Å². The molecule has 2 saturated heterocycles. The number of hydrogen-bond acceptors (Lipinski definition) is 4. The fourth-order valence-electron chi connectivity index (χ4n) is 3.55. The Bertz CT molecular complexity index is 457. The second-order valence-corrected chi connectivity index (χ2v) is 6.25. The van der Waals surface area contributed by atoms with E-state index in [0.717, 1.165) is 19.5 Å². The number of carbonyl (C=O) groups is 2. The van der Waals surface area contributed by atoms with Crippen LogP contribution in [-0.4, -0.2) is 71.6 Å². The SMILES string of the molecule is CN1N=C(C(=O)N2CCC[C@H](N3CCCC3)C2)CCC1=O. The Morgan fingerprint density at radius 1 is 1.14 bits per heavy atom. The lowest BCUT2D eigenvalue weighted by molar-refractivity contribution is -0.131. The van der Waals surface area contributed by atoms with Crippen LogP contribution in [0.2, 0.25) is 0 Å². The van der Waals surface area contributed by atoms with Gasteiger partial charge in [-0.05, 0) is 38.8 Å². The van der Waals surface area contributed by atoms with Crippen LogP contribution >= 0.6 is 0 Å². The molecule has 3 rings (SSSR count). The molecular formula is C15H24N4O2. The molecule has 2 amide bonds. The van der Waals surface area contributed by atoms with Gasteiger partial charge in [0.15, 0.2) is 0 Å². The van der Waals surface area contributed by atoms with Crippen LogP contribution < -0.4 is 0 Å². The van der Waals surface area contributed by atoms with E-state index in [9.17, 15) is 9.59 Å². The minimum Gasteiger partial charge on any atom is -0.336 e. The van der Waals surface area contributed by atoms with Crippen LogP contribution in [-0.2, 0) is 9.59 Å². The predicted molar refractivity (Wildman–Crippen MR) is 79.8 cm³/mol. The fourth-order valence-corrected chi connectivity index (χ4v) is 3.55. The average molecular weight is 292 g/mol. The second kappa shape index (κ2) is 6.13. The predicted octanol–water partition coefficient (Wildman–Crippen LogP) is 0.681. The molecule has 0 N–H and O–H groups in total. The molecule has 0 radical (unpaired) electrons. The smallest absolute Gasteiger partial charge is 0.270 e. The van der Waals surface area contributed by atoms with Gasteiger partial charge in [0.25, 0.3) is 5.91 Å². The first-order valence-corrected chi connectivity index (χ1v) is 8.02. The second-order valence-electron chi connectivity index (χ2n) is 6.25. The highest BCUT2D eigenvalue weighted by molar-refractivity contribution is 6.39. The topological polar surface area (TPSA) is 56.2 Å². The molecular weight excluding hydrogens is 268 g/mol. The highest BCUT2D eigenvalue weighted by Gasteiger charge is 2.32. The third kappa shape index (κ3) is 3.10. The standard InChI is InChI=1S/C15H24N4O2/c1-17-14(20)7-6-13(16-17)15(21)19-10-4-5-12(11-19)18-8-2-3-9-18/h12H,2-11H2,1H3/t12-/m0/s1. The average Bonchev–Trinajstić information content (AvgIpc) is 3.04. The Morgan fingerprint density at radius 2 is 1.90 bits per heavy atom. The number of rotatable bonds is 2. The third-order valence-corrected chi connectivity index (χ3v) is 4.79. The van der Waals surface area contributed by atoms with Gasteiger partial charge in [0.1, 0.15) is 5.71 Å². The lowest BCUT2D eigenvalue weighted by Crippen LogP contribution is -2.51. The van der Waals surface area contributed by atoms with E-state index in [2.05, 4.69) is 10.0 Å². The summed E-state index contributed by atoms with van der Waals surface area (Å²) >= 11 is 0. The zero-order valence-electron chi connectivity index (χ0n) is 12.8. The summed E-state index contributed by atoms with van der Waals surface area (Å²) in [5.41, 5.74) is 0.541. The van der Waals surface area contributed by atoms with Crippen LogP contribution in [0.1, 0.15) is 38.5 Å². The number of hydrazone groups is 1. The molecule has 3 aliphatic rings. The van der Waals surface area contributed by atoms with Gasteiger partial charge in [-0.1, -0.05) is 0 Å². The van der Waals surface area contributed by atoms with Crippen molar-refractivity contribution >= 4 is 17.5 Å². The van der Waals surface area contributed by atoms with Crippen LogP contribution in [0.15, 0.2) is 5.10 Å². The number of piperidine rings is 1. The molecule has 6 nitrogen and oxygen atoms in total. The monoisotopic (exact) mass is 292 g/mol. The molecule has 0 aromatic carbocycles. The van der Waals surface area contributed by atoms with E-state index in [1.54, 1.807) is 7.05 Å². The van der Waals surface area contributed by atoms with Gasteiger partial charge >= 0.3 is 0 Å². The molecule has 0 aliphatic carbocycles. The third-order valence-electron chi connectivity index (χ3n) is 4.79. The number of nitrogens with zero attached hydrogens (tertiary/aromatic N) is 4. The fraction of sp³-hybridized carbons (Fsp3) is 0.800. The van der Waals surface area contributed by atoms with E-state index in [4.69, 9.17) is 0 Å². The van der Waals surface area contributed by atoms with E-state index < -0.39 is 0 Å². The lowest BCUT2D eigenvalue weighted by atomic mass is 10.0. The highest BCUT2D eigenvalue weighted by Crippen LogP contribution is 2.21. The summed E-state index contributed by atoms with van der Waals surface area (Å²) in [5.74, 6) is 0.0124. The zero-order chi connectivity index (χ0) is 14.8. The Morgan fingerprint density at radius 3 is 2.62 bits per heavy atom.